The Balaban J connectivity index is 1.76. The first kappa shape index (κ1) is 17.8. The fourth-order valence-electron chi connectivity index (χ4n) is 3.21. The number of aliphatic hydroxyl groups excluding tert-OH is 1. The van der Waals surface area contributed by atoms with Gasteiger partial charge in [-0.2, -0.15) is 0 Å². The Kier molecular flexibility index (Phi) is 5.30. The average Bonchev–Trinajstić information content (AvgIpc) is 2.55. The lowest BCUT2D eigenvalue weighted by Gasteiger charge is -2.34. The first-order valence-electron chi connectivity index (χ1n) is 8.49. The highest BCUT2D eigenvalue weighted by atomic mass is 35.5. The zero-order valence-electron chi connectivity index (χ0n) is 14.5. The third-order valence-electron chi connectivity index (χ3n) is 4.64. The first-order chi connectivity index (χ1) is 11.9. The van der Waals surface area contributed by atoms with Crippen LogP contribution in [-0.2, 0) is 0 Å². The van der Waals surface area contributed by atoms with Crippen molar-refractivity contribution in [3.63, 3.8) is 0 Å². The summed E-state index contributed by atoms with van der Waals surface area (Å²) in [6, 6.07) is 13.4. The number of halogens is 1. The second kappa shape index (κ2) is 7.46. The van der Waals surface area contributed by atoms with Crippen molar-refractivity contribution in [3.8, 4) is 11.1 Å². The highest BCUT2D eigenvalue weighted by Crippen LogP contribution is 2.32. The smallest absolute Gasteiger partial charge is 0.321 e. The molecule has 132 valence electrons. The number of anilines is 1. The zero-order chi connectivity index (χ0) is 18.0. The van der Waals surface area contributed by atoms with E-state index in [1.807, 2.05) is 37.3 Å². The van der Waals surface area contributed by atoms with E-state index in [-0.39, 0.29) is 12.1 Å². The van der Waals surface area contributed by atoms with Crippen molar-refractivity contribution >= 4 is 23.3 Å². The van der Waals surface area contributed by atoms with Crippen LogP contribution < -0.4 is 5.32 Å². The first-order valence-corrected chi connectivity index (χ1v) is 8.87. The molecule has 3 rings (SSSR count). The minimum atomic E-state index is -0.203. The highest BCUT2D eigenvalue weighted by Gasteiger charge is 2.29. The van der Waals surface area contributed by atoms with Gasteiger partial charge in [0.05, 0.1) is 11.8 Å². The summed E-state index contributed by atoms with van der Waals surface area (Å²) < 4.78 is 0. The Labute approximate surface area is 153 Å². The van der Waals surface area contributed by atoms with E-state index in [0.29, 0.717) is 17.5 Å². The van der Waals surface area contributed by atoms with Crippen LogP contribution in [0.2, 0.25) is 5.02 Å². The molecule has 0 radical (unpaired) electrons. The van der Waals surface area contributed by atoms with Crippen LogP contribution in [0.1, 0.15) is 18.4 Å². The number of aryl methyl sites for hydroxylation is 1. The molecule has 0 saturated heterocycles. The Morgan fingerprint density at radius 2 is 2.04 bits per heavy atom. The molecule has 0 aromatic heterocycles. The molecule has 2 aromatic carbocycles. The predicted molar refractivity (Wildman–Crippen MR) is 102 cm³/mol. The number of nitrogens with zero attached hydrogens (tertiary/aromatic N) is 1. The fraction of sp³-hybridized carbons (Fsp3) is 0.350. The Hall–Kier alpha value is -2.04. The topological polar surface area (TPSA) is 52.6 Å². The number of nitrogens with one attached hydrogen (secondary N) is 1. The van der Waals surface area contributed by atoms with Crippen molar-refractivity contribution < 1.29 is 9.90 Å². The molecule has 0 unspecified atom stereocenters. The highest BCUT2D eigenvalue weighted by molar-refractivity contribution is 6.31. The number of aliphatic hydroxyl groups is 1. The van der Waals surface area contributed by atoms with Crippen molar-refractivity contribution in [2.75, 3.05) is 18.9 Å². The van der Waals surface area contributed by atoms with Crippen LogP contribution in [-0.4, -0.2) is 35.7 Å². The number of carbonyl (C=O) groups excluding carboxylic acids is 1. The molecule has 0 bridgehead atoms. The van der Waals surface area contributed by atoms with E-state index in [1.54, 1.807) is 18.0 Å². The molecule has 5 heteroatoms. The summed E-state index contributed by atoms with van der Waals surface area (Å²) in [6.07, 6.45) is 1.34. The number of urea groups is 1. The molecule has 1 aliphatic carbocycles. The van der Waals surface area contributed by atoms with Crippen LogP contribution in [0.15, 0.2) is 42.5 Å². The van der Waals surface area contributed by atoms with Crippen molar-refractivity contribution in [2.24, 2.45) is 5.92 Å². The molecule has 2 aromatic rings. The van der Waals surface area contributed by atoms with Crippen LogP contribution in [0.25, 0.3) is 11.1 Å². The molecule has 1 saturated carbocycles. The van der Waals surface area contributed by atoms with Gasteiger partial charge >= 0.3 is 6.03 Å². The molecule has 0 spiro atoms. The average molecular weight is 359 g/mol. The molecular weight excluding hydrogens is 336 g/mol. The van der Waals surface area contributed by atoms with Crippen LogP contribution in [0, 0.1) is 12.8 Å². The van der Waals surface area contributed by atoms with Crippen LogP contribution >= 0.6 is 11.6 Å². The van der Waals surface area contributed by atoms with E-state index < -0.39 is 0 Å². The summed E-state index contributed by atoms with van der Waals surface area (Å²) in [5, 5.41) is 13.0. The van der Waals surface area contributed by atoms with Crippen molar-refractivity contribution in [3.05, 3.63) is 53.1 Å². The summed E-state index contributed by atoms with van der Waals surface area (Å²) in [5.41, 5.74) is 3.80. The predicted octanol–water partition coefficient (Wildman–Crippen LogP) is 4.55. The Morgan fingerprint density at radius 3 is 2.72 bits per heavy atom. The van der Waals surface area contributed by atoms with Gasteiger partial charge in [0, 0.05) is 24.2 Å². The Morgan fingerprint density at radius 1 is 1.28 bits per heavy atom. The quantitative estimate of drug-likeness (QED) is 0.842. The van der Waals surface area contributed by atoms with Gasteiger partial charge in [-0.25, -0.2) is 4.79 Å². The molecule has 1 aliphatic rings. The van der Waals surface area contributed by atoms with Gasteiger partial charge in [-0.15, -0.1) is 0 Å². The van der Waals surface area contributed by atoms with Gasteiger partial charge in [0.25, 0.3) is 0 Å². The lowest BCUT2D eigenvalue weighted by atomic mass is 9.82. The summed E-state index contributed by atoms with van der Waals surface area (Å²) in [5.74, 6) is 0.382. The summed E-state index contributed by atoms with van der Waals surface area (Å²) in [6.45, 7) is 2.68. The van der Waals surface area contributed by atoms with Gasteiger partial charge < -0.3 is 15.3 Å². The van der Waals surface area contributed by atoms with Gasteiger partial charge in [0.1, 0.15) is 0 Å². The summed E-state index contributed by atoms with van der Waals surface area (Å²) in [4.78, 5) is 14.2. The molecule has 0 atom stereocenters. The fourth-order valence-corrected chi connectivity index (χ4v) is 3.38. The minimum Gasteiger partial charge on any atom is -0.393 e. The molecule has 2 N–H and O–H groups in total. The van der Waals surface area contributed by atoms with E-state index >= 15 is 0 Å². The summed E-state index contributed by atoms with van der Waals surface area (Å²) in [7, 11) is 1.78. The van der Waals surface area contributed by atoms with Crippen LogP contribution in [0.5, 0.6) is 0 Å². The molecule has 0 aliphatic heterocycles. The number of amides is 2. The van der Waals surface area contributed by atoms with E-state index in [1.165, 1.54) is 0 Å². The zero-order valence-corrected chi connectivity index (χ0v) is 15.3. The van der Waals surface area contributed by atoms with Crippen molar-refractivity contribution in [2.45, 2.75) is 25.9 Å². The number of benzene rings is 2. The lowest BCUT2D eigenvalue weighted by molar-refractivity contribution is 0.0332. The number of rotatable bonds is 4. The second-order valence-electron chi connectivity index (χ2n) is 6.86. The van der Waals surface area contributed by atoms with E-state index in [2.05, 4.69) is 11.4 Å². The maximum absolute atomic E-state index is 12.5. The molecule has 4 nitrogen and oxygen atoms in total. The van der Waals surface area contributed by atoms with Gasteiger partial charge in [0.2, 0.25) is 0 Å². The number of hydrogen-bond acceptors (Lipinski definition) is 2. The lowest BCUT2D eigenvalue weighted by Crippen LogP contribution is -2.41. The number of carbonyl (C=O) groups is 1. The van der Waals surface area contributed by atoms with Crippen molar-refractivity contribution in [1.82, 2.24) is 4.90 Å². The van der Waals surface area contributed by atoms with Crippen molar-refractivity contribution in [1.29, 1.82) is 0 Å². The van der Waals surface area contributed by atoms with Gasteiger partial charge in [-0.05, 0) is 49.4 Å². The SMILES string of the molecule is Cc1cccc(-c2cc(Cl)ccc2NC(=O)N(C)CC2CC(O)C2)c1. The molecule has 1 fully saturated rings. The van der Waals surface area contributed by atoms with Gasteiger partial charge in [-0.1, -0.05) is 41.4 Å². The third kappa shape index (κ3) is 4.33. The largest absolute Gasteiger partial charge is 0.393 e. The van der Waals surface area contributed by atoms with E-state index in [0.717, 1.165) is 35.2 Å². The second-order valence-corrected chi connectivity index (χ2v) is 7.30. The molecular formula is C20H23ClN2O2. The van der Waals surface area contributed by atoms with Gasteiger partial charge in [0.15, 0.2) is 0 Å². The third-order valence-corrected chi connectivity index (χ3v) is 4.88. The molecule has 2 amide bonds. The summed E-state index contributed by atoms with van der Waals surface area (Å²) >= 11 is 6.17. The molecule has 0 heterocycles. The van der Waals surface area contributed by atoms with Crippen LogP contribution in [0.3, 0.4) is 0 Å². The minimum absolute atomic E-state index is 0.155. The van der Waals surface area contributed by atoms with E-state index in [4.69, 9.17) is 11.6 Å². The van der Waals surface area contributed by atoms with Crippen LogP contribution in [0.4, 0.5) is 10.5 Å². The standard InChI is InChI=1S/C20H23ClN2O2/c1-13-4-3-5-15(8-13)18-11-16(21)6-7-19(18)22-20(25)23(2)12-14-9-17(24)10-14/h3-8,11,14,17,24H,9-10,12H2,1-2H3,(H,22,25). The number of hydrogen-bond donors (Lipinski definition) is 2. The van der Waals surface area contributed by atoms with E-state index in [9.17, 15) is 9.90 Å². The normalized spacial score (nSPS) is 19.2. The Bertz CT molecular complexity index is 772. The monoisotopic (exact) mass is 358 g/mol. The molecule has 25 heavy (non-hydrogen) atoms. The maximum Gasteiger partial charge on any atom is 0.321 e. The maximum atomic E-state index is 12.5. The van der Waals surface area contributed by atoms with Gasteiger partial charge in [-0.3, -0.25) is 0 Å².